The number of nitrogens with one attached hydrogen (secondary N) is 1. The van der Waals surface area contributed by atoms with E-state index in [1.54, 1.807) is 10.9 Å². The van der Waals surface area contributed by atoms with E-state index in [4.69, 9.17) is 4.74 Å². The van der Waals surface area contributed by atoms with Crippen LogP contribution in [0.3, 0.4) is 0 Å². The van der Waals surface area contributed by atoms with Gasteiger partial charge in [-0.1, -0.05) is 0 Å². The molecule has 2 aromatic heterocycles. The van der Waals surface area contributed by atoms with Crippen LogP contribution in [0, 0.1) is 5.92 Å². The van der Waals surface area contributed by atoms with Crippen LogP contribution < -0.4 is 5.32 Å². The number of carbonyl (C=O) groups excluding carboxylic acids is 1. The highest BCUT2D eigenvalue weighted by molar-refractivity contribution is 5.86. The van der Waals surface area contributed by atoms with E-state index in [1.807, 2.05) is 7.05 Å². The van der Waals surface area contributed by atoms with E-state index in [-0.39, 0.29) is 17.9 Å². The number of hydrogen-bond donors (Lipinski definition) is 1. The molecule has 1 saturated carbocycles. The lowest BCUT2D eigenvalue weighted by atomic mass is 10.1. The van der Waals surface area contributed by atoms with Gasteiger partial charge in [-0.2, -0.15) is 5.10 Å². The van der Waals surface area contributed by atoms with E-state index in [9.17, 15) is 4.79 Å². The molecule has 7 heteroatoms. The van der Waals surface area contributed by atoms with Crippen LogP contribution in [0.15, 0.2) is 12.5 Å². The zero-order valence-corrected chi connectivity index (χ0v) is 11.5. The number of methoxy groups -OCH3 is 1. The lowest BCUT2D eigenvalue weighted by molar-refractivity contribution is -0.145. The Labute approximate surface area is 116 Å². The lowest BCUT2D eigenvalue weighted by Crippen LogP contribution is -2.19. The first-order chi connectivity index (χ1) is 9.69. The van der Waals surface area contributed by atoms with Crippen molar-refractivity contribution in [3.8, 4) is 0 Å². The van der Waals surface area contributed by atoms with Crippen molar-refractivity contribution in [1.29, 1.82) is 0 Å². The lowest BCUT2D eigenvalue weighted by Gasteiger charge is -2.13. The van der Waals surface area contributed by atoms with Crippen molar-refractivity contribution in [2.24, 2.45) is 13.0 Å². The molecule has 0 saturated heterocycles. The maximum atomic E-state index is 11.5. The van der Waals surface area contributed by atoms with Crippen molar-refractivity contribution in [3.05, 3.63) is 12.5 Å². The number of ether oxygens (including phenoxy) is 1. The summed E-state index contributed by atoms with van der Waals surface area (Å²) in [6.45, 7) is 0. The minimum atomic E-state index is -0.122. The number of nitrogens with zero attached hydrogens (tertiary/aromatic N) is 4. The van der Waals surface area contributed by atoms with Crippen LogP contribution in [-0.2, 0) is 16.6 Å². The van der Waals surface area contributed by atoms with Crippen molar-refractivity contribution >= 4 is 22.8 Å². The maximum absolute atomic E-state index is 11.5. The predicted octanol–water partition coefficient (Wildman–Crippen LogP) is 1.12. The number of fused-ring (bicyclic) bond motifs is 1. The molecule has 0 spiro atoms. The van der Waals surface area contributed by atoms with Crippen molar-refractivity contribution in [1.82, 2.24) is 19.7 Å². The van der Waals surface area contributed by atoms with Gasteiger partial charge >= 0.3 is 5.97 Å². The average molecular weight is 275 g/mol. The highest BCUT2D eigenvalue weighted by Crippen LogP contribution is 2.30. The number of aryl methyl sites for hydroxylation is 1. The highest BCUT2D eigenvalue weighted by Gasteiger charge is 2.31. The summed E-state index contributed by atoms with van der Waals surface area (Å²) in [6.07, 6.45) is 5.85. The van der Waals surface area contributed by atoms with Crippen LogP contribution in [0.1, 0.15) is 19.3 Å². The van der Waals surface area contributed by atoms with Crippen LogP contribution >= 0.6 is 0 Å². The molecule has 1 fully saturated rings. The Morgan fingerprint density at radius 2 is 2.30 bits per heavy atom. The van der Waals surface area contributed by atoms with Gasteiger partial charge in [-0.05, 0) is 19.3 Å². The van der Waals surface area contributed by atoms with E-state index >= 15 is 0 Å². The minimum Gasteiger partial charge on any atom is -0.469 e. The molecule has 0 aliphatic heterocycles. The van der Waals surface area contributed by atoms with Crippen molar-refractivity contribution < 1.29 is 9.53 Å². The zero-order chi connectivity index (χ0) is 14.1. The fourth-order valence-electron chi connectivity index (χ4n) is 2.76. The van der Waals surface area contributed by atoms with Crippen LogP contribution in [0.4, 0.5) is 5.82 Å². The summed E-state index contributed by atoms with van der Waals surface area (Å²) in [5.41, 5.74) is 0.796. The molecule has 0 radical (unpaired) electrons. The quantitative estimate of drug-likeness (QED) is 0.845. The summed E-state index contributed by atoms with van der Waals surface area (Å²) >= 11 is 0. The van der Waals surface area contributed by atoms with Gasteiger partial charge in [-0.15, -0.1) is 0 Å². The van der Waals surface area contributed by atoms with E-state index < -0.39 is 0 Å². The normalized spacial score (nSPS) is 22.1. The SMILES string of the molecule is COC(=O)[C@H]1CC[C@@H](Nc2ncnc3c2cnn3C)C1. The Balaban J connectivity index is 1.76. The van der Waals surface area contributed by atoms with Gasteiger partial charge in [0.25, 0.3) is 0 Å². The first-order valence-electron chi connectivity index (χ1n) is 6.66. The van der Waals surface area contributed by atoms with Gasteiger partial charge in [0.1, 0.15) is 12.1 Å². The number of anilines is 1. The van der Waals surface area contributed by atoms with E-state index in [1.165, 1.54) is 13.4 Å². The molecule has 106 valence electrons. The molecule has 20 heavy (non-hydrogen) atoms. The number of carbonyl (C=O) groups is 1. The Morgan fingerprint density at radius 3 is 3.10 bits per heavy atom. The van der Waals surface area contributed by atoms with Crippen molar-refractivity contribution in [2.45, 2.75) is 25.3 Å². The highest BCUT2D eigenvalue weighted by atomic mass is 16.5. The molecule has 1 aliphatic rings. The summed E-state index contributed by atoms with van der Waals surface area (Å²) < 4.78 is 6.52. The van der Waals surface area contributed by atoms with Gasteiger partial charge in [0.15, 0.2) is 5.65 Å². The molecule has 0 aromatic carbocycles. The Morgan fingerprint density at radius 1 is 1.45 bits per heavy atom. The van der Waals surface area contributed by atoms with E-state index in [0.717, 1.165) is 36.1 Å². The van der Waals surface area contributed by atoms with Gasteiger partial charge in [-0.25, -0.2) is 9.97 Å². The molecule has 0 bridgehead atoms. The first-order valence-corrected chi connectivity index (χ1v) is 6.66. The Hall–Kier alpha value is -2.18. The molecule has 2 atom stereocenters. The van der Waals surface area contributed by atoms with Gasteiger partial charge in [0, 0.05) is 13.1 Å². The molecule has 2 heterocycles. The van der Waals surface area contributed by atoms with Crippen LogP contribution in [0.5, 0.6) is 0 Å². The zero-order valence-electron chi connectivity index (χ0n) is 11.5. The predicted molar refractivity (Wildman–Crippen MR) is 73.1 cm³/mol. The van der Waals surface area contributed by atoms with E-state index in [2.05, 4.69) is 20.4 Å². The fraction of sp³-hybridized carbons (Fsp3) is 0.538. The topological polar surface area (TPSA) is 81.9 Å². The molecular weight excluding hydrogens is 258 g/mol. The number of aromatic nitrogens is 4. The second-order valence-corrected chi connectivity index (χ2v) is 5.10. The number of esters is 1. The standard InChI is InChI=1S/C13H17N5O2/c1-18-12-10(6-16-18)11(14-7-15-12)17-9-4-3-8(5-9)13(19)20-2/h6-9H,3-5H2,1-2H3,(H,14,15,17)/t8-,9+/m0/s1. The van der Waals surface area contributed by atoms with Gasteiger partial charge < -0.3 is 10.1 Å². The Kier molecular flexibility index (Phi) is 3.25. The Bertz CT molecular complexity index is 639. The summed E-state index contributed by atoms with van der Waals surface area (Å²) in [4.78, 5) is 20.0. The van der Waals surface area contributed by atoms with Crippen molar-refractivity contribution in [2.75, 3.05) is 12.4 Å². The largest absolute Gasteiger partial charge is 0.469 e. The maximum Gasteiger partial charge on any atom is 0.308 e. The molecule has 7 nitrogen and oxygen atoms in total. The summed E-state index contributed by atoms with van der Waals surface area (Å²) in [6, 6.07) is 0.234. The third kappa shape index (κ3) is 2.19. The van der Waals surface area contributed by atoms with Crippen LogP contribution in [-0.4, -0.2) is 38.9 Å². The summed E-state index contributed by atoms with van der Waals surface area (Å²) in [5, 5.41) is 8.48. The monoisotopic (exact) mass is 275 g/mol. The summed E-state index contributed by atoms with van der Waals surface area (Å²) in [5.74, 6) is 0.644. The molecular formula is C13H17N5O2. The van der Waals surface area contributed by atoms with Crippen LogP contribution in [0.2, 0.25) is 0 Å². The summed E-state index contributed by atoms with van der Waals surface area (Å²) in [7, 11) is 3.29. The van der Waals surface area contributed by atoms with Crippen molar-refractivity contribution in [3.63, 3.8) is 0 Å². The fourth-order valence-corrected chi connectivity index (χ4v) is 2.76. The van der Waals surface area contributed by atoms with Gasteiger partial charge in [-0.3, -0.25) is 9.48 Å². The molecule has 1 N–H and O–H groups in total. The molecule has 1 aliphatic carbocycles. The van der Waals surface area contributed by atoms with Gasteiger partial charge in [0.05, 0.1) is 24.6 Å². The average Bonchev–Trinajstić information content (AvgIpc) is 3.07. The minimum absolute atomic E-state index is 0.0104. The molecule has 0 amide bonds. The van der Waals surface area contributed by atoms with Gasteiger partial charge in [0.2, 0.25) is 0 Å². The second-order valence-electron chi connectivity index (χ2n) is 5.10. The molecule has 3 rings (SSSR count). The third-order valence-corrected chi connectivity index (χ3v) is 3.84. The number of rotatable bonds is 3. The van der Waals surface area contributed by atoms with Crippen LogP contribution in [0.25, 0.3) is 11.0 Å². The van der Waals surface area contributed by atoms with E-state index in [0.29, 0.717) is 0 Å². The second kappa shape index (κ2) is 5.07. The third-order valence-electron chi connectivity index (χ3n) is 3.84. The smallest absolute Gasteiger partial charge is 0.308 e. The first kappa shape index (κ1) is 12.8. The number of hydrogen-bond acceptors (Lipinski definition) is 6. The molecule has 0 unspecified atom stereocenters. The molecule has 2 aromatic rings.